The minimum absolute atomic E-state index is 0.0263. The standard InChI is InChI=1S/C25H22N4O4S/c30-23(15-11-18-5-2-1-3-6-18)26-20-7-4-8-21(17-20)27-25(34)28-24(31)16-12-19-9-13-22(14-10-19)29(32)33/h1-10,12-14,16-17H,11,15H2,(H,26,30)(H2,27,28,31,34)/b16-12+. The number of aryl methyl sites for hydroxylation is 1. The molecule has 0 radical (unpaired) electrons. The first-order valence-corrected chi connectivity index (χ1v) is 10.8. The van der Waals surface area contributed by atoms with Gasteiger partial charge >= 0.3 is 0 Å². The zero-order valence-electron chi connectivity index (χ0n) is 18.1. The Labute approximate surface area is 201 Å². The second-order valence-corrected chi connectivity index (χ2v) is 7.65. The van der Waals surface area contributed by atoms with Crippen molar-refractivity contribution in [2.45, 2.75) is 12.8 Å². The predicted octanol–water partition coefficient (Wildman–Crippen LogP) is 4.69. The van der Waals surface area contributed by atoms with Crippen molar-refractivity contribution < 1.29 is 14.5 Å². The van der Waals surface area contributed by atoms with Crippen molar-refractivity contribution in [3.63, 3.8) is 0 Å². The molecular formula is C25H22N4O4S. The number of hydrogen-bond acceptors (Lipinski definition) is 5. The van der Waals surface area contributed by atoms with Gasteiger partial charge < -0.3 is 10.6 Å². The fourth-order valence-electron chi connectivity index (χ4n) is 3.00. The van der Waals surface area contributed by atoms with Gasteiger partial charge in [0.15, 0.2) is 5.11 Å². The van der Waals surface area contributed by atoms with Crippen LogP contribution in [0.4, 0.5) is 17.1 Å². The molecule has 0 unspecified atom stereocenters. The Hall–Kier alpha value is -4.37. The van der Waals surface area contributed by atoms with Gasteiger partial charge in [-0.2, -0.15) is 0 Å². The molecule has 8 nitrogen and oxygen atoms in total. The van der Waals surface area contributed by atoms with Crippen LogP contribution in [0.25, 0.3) is 6.08 Å². The number of amides is 2. The van der Waals surface area contributed by atoms with Crippen LogP contribution in [0.5, 0.6) is 0 Å². The topological polar surface area (TPSA) is 113 Å². The van der Waals surface area contributed by atoms with Crippen LogP contribution in [0.3, 0.4) is 0 Å². The second-order valence-electron chi connectivity index (χ2n) is 7.24. The van der Waals surface area contributed by atoms with Gasteiger partial charge in [0.05, 0.1) is 4.92 Å². The maximum Gasteiger partial charge on any atom is 0.269 e. The van der Waals surface area contributed by atoms with E-state index in [-0.39, 0.29) is 16.7 Å². The maximum atomic E-state index is 12.3. The highest BCUT2D eigenvalue weighted by molar-refractivity contribution is 7.80. The Bertz CT molecular complexity index is 1210. The number of carbonyl (C=O) groups excluding carboxylic acids is 2. The first kappa shape index (κ1) is 24.3. The number of nitrogens with zero attached hydrogens (tertiary/aromatic N) is 1. The van der Waals surface area contributed by atoms with E-state index in [1.54, 1.807) is 24.3 Å². The maximum absolute atomic E-state index is 12.3. The Kier molecular flexibility index (Phi) is 8.59. The quantitative estimate of drug-likeness (QED) is 0.189. The molecule has 0 aliphatic heterocycles. The molecule has 0 bridgehead atoms. The monoisotopic (exact) mass is 474 g/mol. The number of rotatable bonds is 8. The van der Waals surface area contributed by atoms with Crippen LogP contribution in [0, 0.1) is 10.1 Å². The molecule has 0 spiro atoms. The Balaban J connectivity index is 1.47. The molecule has 0 aliphatic carbocycles. The number of anilines is 2. The number of nitro groups is 1. The lowest BCUT2D eigenvalue weighted by molar-refractivity contribution is -0.384. The van der Waals surface area contributed by atoms with Crippen molar-refractivity contribution in [3.8, 4) is 0 Å². The number of nitro benzene ring substituents is 1. The van der Waals surface area contributed by atoms with E-state index >= 15 is 0 Å². The van der Waals surface area contributed by atoms with Crippen LogP contribution in [0.1, 0.15) is 17.5 Å². The van der Waals surface area contributed by atoms with Gasteiger partial charge in [-0.1, -0.05) is 36.4 Å². The molecular weight excluding hydrogens is 452 g/mol. The molecule has 3 N–H and O–H groups in total. The summed E-state index contributed by atoms with van der Waals surface area (Å²) in [4.78, 5) is 34.6. The lowest BCUT2D eigenvalue weighted by Crippen LogP contribution is -2.32. The van der Waals surface area contributed by atoms with Gasteiger partial charge in [0.2, 0.25) is 11.8 Å². The second kappa shape index (κ2) is 12.0. The van der Waals surface area contributed by atoms with E-state index in [4.69, 9.17) is 12.2 Å². The largest absolute Gasteiger partial charge is 0.332 e. The van der Waals surface area contributed by atoms with Gasteiger partial charge in [0.25, 0.3) is 5.69 Å². The van der Waals surface area contributed by atoms with E-state index < -0.39 is 10.8 Å². The summed E-state index contributed by atoms with van der Waals surface area (Å²) in [5.41, 5.74) is 2.91. The number of non-ortho nitro benzene ring substituents is 1. The molecule has 0 aromatic heterocycles. The lowest BCUT2D eigenvalue weighted by atomic mass is 10.1. The average Bonchev–Trinajstić information content (AvgIpc) is 2.82. The fourth-order valence-corrected chi connectivity index (χ4v) is 3.21. The number of thiocarbonyl (C=S) groups is 1. The van der Waals surface area contributed by atoms with E-state index in [1.165, 1.54) is 36.4 Å². The first-order chi connectivity index (χ1) is 16.4. The van der Waals surface area contributed by atoms with Gasteiger partial charge in [0, 0.05) is 36.0 Å². The highest BCUT2D eigenvalue weighted by atomic mass is 32.1. The van der Waals surface area contributed by atoms with E-state index in [0.29, 0.717) is 29.8 Å². The number of nitrogens with one attached hydrogen (secondary N) is 3. The van der Waals surface area contributed by atoms with E-state index in [0.717, 1.165) is 5.56 Å². The number of benzene rings is 3. The lowest BCUT2D eigenvalue weighted by Gasteiger charge is -2.11. The highest BCUT2D eigenvalue weighted by Gasteiger charge is 2.06. The third kappa shape index (κ3) is 7.95. The Morgan fingerprint density at radius 1 is 0.912 bits per heavy atom. The smallest absolute Gasteiger partial charge is 0.269 e. The number of carbonyl (C=O) groups is 2. The summed E-state index contributed by atoms with van der Waals surface area (Å²) in [6.07, 6.45) is 3.80. The molecule has 0 atom stereocenters. The zero-order chi connectivity index (χ0) is 24.3. The van der Waals surface area contributed by atoms with Crippen LogP contribution in [0.2, 0.25) is 0 Å². The van der Waals surface area contributed by atoms with Gasteiger partial charge in [-0.05, 0) is 66.2 Å². The van der Waals surface area contributed by atoms with Crippen molar-refractivity contribution in [1.82, 2.24) is 5.32 Å². The number of hydrogen-bond donors (Lipinski definition) is 3. The van der Waals surface area contributed by atoms with Crippen LogP contribution >= 0.6 is 12.2 Å². The van der Waals surface area contributed by atoms with Crippen LogP contribution in [-0.2, 0) is 16.0 Å². The van der Waals surface area contributed by atoms with E-state index in [9.17, 15) is 19.7 Å². The summed E-state index contributed by atoms with van der Waals surface area (Å²) in [5.74, 6) is -0.561. The molecule has 9 heteroatoms. The Morgan fingerprint density at radius 2 is 1.59 bits per heavy atom. The minimum atomic E-state index is -0.491. The SMILES string of the molecule is O=C(/C=C/c1ccc([N+](=O)[O-])cc1)NC(=S)Nc1cccc(NC(=O)CCc2ccccc2)c1. The third-order valence-corrected chi connectivity index (χ3v) is 4.86. The van der Waals surface area contributed by atoms with Gasteiger partial charge in [0.1, 0.15) is 0 Å². The molecule has 0 aliphatic rings. The summed E-state index contributed by atoms with van der Waals surface area (Å²) >= 11 is 5.18. The first-order valence-electron chi connectivity index (χ1n) is 10.4. The zero-order valence-corrected chi connectivity index (χ0v) is 18.9. The molecule has 0 saturated heterocycles. The normalized spacial score (nSPS) is 10.5. The fraction of sp³-hybridized carbons (Fsp3) is 0.0800. The van der Waals surface area contributed by atoms with Crippen LogP contribution in [-0.4, -0.2) is 21.9 Å². The molecule has 2 amide bonds. The van der Waals surface area contributed by atoms with E-state index in [2.05, 4.69) is 16.0 Å². The predicted molar refractivity (Wildman–Crippen MR) is 136 cm³/mol. The van der Waals surface area contributed by atoms with Crippen LogP contribution in [0.15, 0.2) is 84.9 Å². The summed E-state index contributed by atoms with van der Waals surface area (Å²) in [6.45, 7) is 0. The van der Waals surface area contributed by atoms with Crippen molar-refractivity contribution in [2.75, 3.05) is 10.6 Å². The molecule has 3 rings (SSSR count). The Morgan fingerprint density at radius 3 is 2.26 bits per heavy atom. The summed E-state index contributed by atoms with van der Waals surface area (Å²) in [7, 11) is 0. The van der Waals surface area contributed by atoms with E-state index in [1.807, 2.05) is 30.3 Å². The van der Waals surface area contributed by atoms with Crippen molar-refractivity contribution in [3.05, 3.63) is 106 Å². The summed E-state index contributed by atoms with van der Waals surface area (Å²) in [6, 6.07) is 22.6. The summed E-state index contributed by atoms with van der Waals surface area (Å²) < 4.78 is 0. The molecule has 0 heterocycles. The molecule has 172 valence electrons. The summed E-state index contributed by atoms with van der Waals surface area (Å²) in [5, 5.41) is 19.1. The minimum Gasteiger partial charge on any atom is -0.332 e. The van der Waals surface area contributed by atoms with Crippen molar-refractivity contribution >= 4 is 52.3 Å². The highest BCUT2D eigenvalue weighted by Crippen LogP contribution is 2.16. The third-order valence-electron chi connectivity index (χ3n) is 4.66. The van der Waals surface area contributed by atoms with Gasteiger partial charge in [-0.15, -0.1) is 0 Å². The molecule has 3 aromatic carbocycles. The van der Waals surface area contributed by atoms with Gasteiger partial charge in [-0.25, -0.2) is 0 Å². The molecule has 0 fully saturated rings. The molecule has 3 aromatic rings. The molecule has 0 saturated carbocycles. The van der Waals surface area contributed by atoms with Gasteiger partial charge in [-0.3, -0.25) is 25.0 Å². The van der Waals surface area contributed by atoms with Crippen molar-refractivity contribution in [2.24, 2.45) is 0 Å². The van der Waals surface area contributed by atoms with Crippen molar-refractivity contribution in [1.29, 1.82) is 0 Å². The van der Waals surface area contributed by atoms with Crippen LogP contribution < -0.4 is 16.0 Å². The average molecular weight is 475 g/mol. The molecule has 34 heavy (non-hydrogen) atoms.